The SMILES string of the molecule is CCNC(=O)NC(=O)C(C)N[C@H](C)C1CCCCC1. The highest BCUT2D eigenvalue weighted by atomic mass is 16.2. The normalized spacial score (nSPS) is 19.5. The van der Waals surface area contributed by atoms with Crippen molar-refractivity contribution in [3.8, 4) is 0 Å². The zero-order chi connectivity index (χ0) is 14.3. The number of rotatable bonds is 5. The molecular weight excluding hydrogens is 242 g/mol. The highest BCUT2D eigenvalue weighted by molar-refractivity contribution is 5.96. The van der Waals surface area contributed by atoms with Crippen LogP contribution in [0.1, 0.15) is 52.9 Å². The molecule has 0 saturated heterocycles. The van der Waals surface area contributed by atoms with E-state index in [1.807, 2.05) is 6.92 Å². The molecule has 3 amide bonds. The Morgan fingerprint density at radius 3 is 2.37 bits per heavy atom. The fraction of sp³-hybridized carbons (Fsp3) is 0.857. The Morgan fingerprint density at radius 1 is 1.16 bits per heavy atom. The Bertz CT molecular complexity index is 301. The van der Waals surface area contributed by atoms with E-state index < -0.39 is 6.03 Å². The summed E-state index contributed by atoms with van der Waals surface area (Å²) >= 11 is 0. The lowest BCUT2D eigenvalue weighted by atomic mass is 9.84. The molecule has 5 nitrogen and oxygen atoms in total. The van der Waals surface area contributed by atoms with Gasteiger partial charge in [0, 0.05) is 12.6 Å². The predicted octanol–water partition coefficient (Wildman–Crippen LogP) is 1.78. The average molecular weight is 269 g/mol. The van der Waals surface area contributed by atoms with Crippen LogP contribution in [0.15, 0.2) is 0 Å². The number of hydrogen-bond donors (Lipinski definition) is 3. The lowest BCUT2D eigenvalue weighted by Gasteiger charge is -2.30. The molecule has 1 aliphatic rings. The first-order valence-electron chi connectivity index (χ1n) is 7.39. The molecule has 1 rings (SSSR count). The van der Waals surface area contributed by atoms with Gasteiger partial charge in [0.25, 0.3) is 0 Å². The van der Waals surface area contributed by atoms with Crippen molar-refractivity contribution in [3.63, 3.8) is 0 Å². The molecule has 0 radical (unpaired) electrons. The van der Waals surface area contributed by atoms with Crippen LogP contribution in [0.2, 0.25) is 0 Å². The van der Waals surface area contributed by atoms with E-state index in [1.54, 1.807) is 6.92 Å². The first-order chi connectivity index (χ1) is 9.04. The molecule has 0 aromatic rings. The largest absolute Gasteiger partial charge is 0.338 e. The third-order valence-corrected chi connectivity index (χ3v) is 3.84. The molecule has 0 bridgehead atoms. The highest BCUT2D eigenvalue weighted by Gasteiger charge is 2.23. The van der Waals surface area contributed by atoms with Crippen LogP contribution in [-0.2, 0) is 4.79 Å². The van der Waals surface area contributed by atoms with Gasteiger partial charge in [-0.1, -0.05) is 19.3 Å². The van der Waals surface area contributed by atoms with Gasteiger partial charge in [0.05, 0.1) is 6.04 Å². The molecule has 1 aliphatic carbocycles. The van der Waals surface area contributed by atoms with Gasteiger partial charge < -0.3 is 10.6 Å². The summed E-state index contributed by atoms with van der Waals surface area (Å²) in [5.41, 5.74) is 0. The van der Waals surface area contributed by atoms with Crippen LogP contribution in [0.5, 0.6) is 0 Å². The number of carbonyl (C=O) groups excluding carboxylic acids is 2. The van der Waals surface area contributed by atoms with Crippen LogP contribution in [-0.4, -0.2) is 30.6 Å². The van der Waals surface area contributed by atoms with Crippen molar-refractivity contribution in [1.82, 2.24) is 16.0 Å². The van der Waals surface area contributed by atoms with Crippen molar-refractivity contribution in [2.75, 3.05) is 6.54 Å². The van der Waals surface area contributed by atoms with Crippen molar-refractivity contribution in [2.45, 2.75) is 65.0 Å². The smallest absolute Gasteiger partial charge is 0.321 e. The van der Waals surface area contributed by atoms with Crippen LogP contribution in [0.4, 0.5) is 4.79 Å². The predicted molar refractivity (Wildman–Crippen MR) is 75.9 cm³/mol. The summed E-state index contributed by atoms with van der Waals surface area (Å²) in [5.74, 6) is 0.377. The molecule has 0 aromatic carbocycles. The molecular formula is C14H27N3O2. The summed E-state index contributed by atoms with van der Waals surface area (Å²) in [7, 11) is 0. The Morgan fingerprint density at radius 2 is 1.79 bits per heavy atom. The minimum atomic E-state index is -0.425. The van der Waals surface area contributed by atoms with Gasteiger partial charge in [-0.3, -0.25) is 10.1 Å². The zero-order valence-corrected chi connectivity index (χ0v) is 12.3. The summed E-state index contributed by atoms with van der Waals surface area (Å²) in [5, 5.41) is 8.19. The maximum atomic E-state index is 11.8. The van der Waals surface area contributed by atoms with E-state index in [9.17, 15) is 9.59 Å². The molecule has 110 valence electrons. The summed E-state index contributed by atoms with van der Waals surface area (Å²) in [6.07, 6.45) is 6.38. The molecule has 1 fully saturated rings. The first-order valence-corrected chi connectivity index (χ1v) is 7.39. The quantitative estimate of drug-likeness (QED) is 0.712. The number of nitrogens with one attached hydrogen (secondary N) is 3. The third-order valence-electron chi connectivity index (χ3n) is 3.84. The van der Waals surface area contributed by atoms with Gasteiger partial charge in [0.2, 0.25) is 5.91 Å². The Balaban J connectivity index is 2.33. The molecule has 0 aromatic heterocycles. The number of imide groups is 1. The van der Waals surface area contributed by atoms with Crippen molar-refractivity contribution in [1.29, 1.82) is 0 Å². The van der Waals surface area contributed by atoms with Crippen molar-refractivity contribution in [3.05, 3.63) is 0 Å². The van der Waals surface area contributed by atoms with E-state index in [0.717, 1.165) is 0 Å². The van der Waals surface area contributed by atoms with E-state index in [-0.39, 0.29) is 11.9 Å². The molecule has 1 saturated carbocycles. The summed E-state index contributed by atoms with van der Waals surface area (Å²) in [4.78, 5) is 23.1. The van der Waals surface area contributed by atoms with Crippen molar-refractivity contribution < 1.29 is 9.59 Å². The second-order valence-electron chi connectivity index (χ2n) is 5.42. The second kappa shape index (κ2) is 8.15. The van der Waals surface area contributed by atoms with E-state index in [1.165, 1.54) is 32.1 Å². The number of carbonyl (C=O) groups is 2. The fourth-order valence-corrected chi connectivity index (χ4v) is 2.67. The monoisotopic (exact) mass is 269 g/mol. The molecule has 0 heterocycles. The Hall–Kier alpha value is -1.10. The zero-order valence-electron chi connectivity index (χ0n) is 12.3. The van der Waals surface area contributed by atoms with E-state index in [4.69, 9.17) is 0 Å². The van der Waals surface area contributed by atoms with Gasteiger partial charge in [-0.25, -0.2) is 4.79 Å². The van der Waals surface area contributed by atoms with Crippen LogP contribution in [0.3, 0.4) is 0 Å². The fourth-order valence-electron chi connectivity index (χ4n) is 2.67. The second-order valence-corrected chi connectivity index (χ2v) is 5.42. The van der Waals surface area contributed by atoms with Crippen molar-refractivity contribution >= 4 is 11.9 Å². The lowest BCUT2D eigenvalue weighted by Crippen LogP contribution is -2.51. The van der Waals surface area contributed by atoms with Gasteiger partial charge in [0.15, 0.2) is 0 Å². The lowest BCUT2D eigenvalue weighted by molar-refractivity contribution is -0.121. The molecule has 19 heavy (non-hydrogen) atoms. The van der Waals surface area contributed by atoms with Crippen LogP contribution in [0, 0.1) is 5.92 Å². The topological polar surface area (TPSA) is 70.2 Å². The van der Waals surface area contributed by atoms with Gasteiger partial charge >= 0.3 is 6.03 Å². The number of amides is 3. The Labute approximate surface area is 115 Å². The molecule has 0 aliphatic heterocycles. The van der Waals surface area contributed by atoms with Gasteiger partial charge in [-0.05, 0) is 39.5 Å². The summed E-state index contributed by atoms with van der Waals surface area (Å²) < 4.78 is 0. The van der Waals surface area contributed by atoms with Gasteiger partial charge in [-0.2, -0.15) is 0 Å². The van der Waals surface area contributed by atoms with Gasteiger partial charge in [-0.15, -0.1) is 0 Å². The standard InChI is InChI=1S/C14H27N3O2/c1-4-15-14(19)17-13(18)11(3)16-10(2)12-8-6-5-7-9-12/h10-12,16H,4-9H2,1-3H3,(H2,15,17,18,19)/t10-,11?/m1/s1. The van der Waals surface area contributed by atoms with Crippen LogP contribution < -0.4 is 16.0 Å². The number of hydrogen-bond acceptors (Lipinski definition) is 3. The van der Waals surface area contributed by atoms with E-state index in [0.29, 0.717) is 18.5 Å². The minimum Gasteiger partial charge on any atom is -0.338 e. The van der Waals surface area contributed by atoms with Crippen LogP contribution >= 0.6 is 0 Å². The Kier molecular flexibility index (Phi) is 6.84. The highest BCUT2D eigenvalue weighted by Crippen LogP contribution is 2.26. The molecule has 2 atom stereocenters. The minimum absolute atomic E-state index is 0.270. The maximum absolute atomic E-state index is 11.8. The molecule has 5 heteroatoms. The number of urea groups is 1. The van der Waals surface area contributed by atoms with Crippen LogP contribution in [0.25, 0.3) is 0 Å². The third kappa shape index (κ3) is 5.59. The molecule has 3 N–H and O–H groups in total. The van der Waals surface area contributed by atoms with E-state index in [2.05, 4.69) is 22.9 Å². The molecule has 0 spiro atoms. The average Bonchev–Trinajstić information content (AvgIpc) is 2.39. The molecule has 1 unspecified atom stereocenters. The van der Waals surface area contributed by atoms with Crippen molar-refractivity contribution in [2.24, 2.45) is 5.92 Å². The summed E-state index contributed by atoms with van der Waals surface area (Å²) in [6.45, 7) is 6.26. The van der Waals surface area contributed by atoms with Gasteiger partial charge in [0.1, 0.15) is 0 Å². The first kappa shape index (κ1) is 16.0. The van der Waals surface area contributed by atoms with E-state index >= 15 is 0 Å². The summed E-state index contributed by atoms with van der Waals surface area (Å²) in [6, 6.07) is -0.457. The maximum Gasteiger partial charge on any atom is 0.321 e.